The third-order valence-electron chi connectivity index (χ3n) is 3.74. The first-order valence-corrected chi connectivity index (χ1v) is 8.60. The standard InChI is InChI=1S/C14H20N2O3S/c1-20(18,19)13-4-2-3-12(9-13)14(17)16-7-5-11(10-15)6-8-16/h2-4,9,11H,5-8,10,15H2,1H3. The molecule has 5 nitrogen and oxygen atoms in total. The molecule has 2 N–H and O–H groups in total. The highest BCUT2D eigenvalue weighted by molar-refractivity contribution is 7.90. The van der Waals surface area contributed by atoms with Crippen molar-refractivity contribution in [1.29, 1.82) is 0 Å². The fourth-order valence-corrected chi connectivity index (χ4v) is 3.08. The van der Waals surface area contributed by atoms with E-state index in [9.17, 15) is 13.2 Å². The van der Waals surface area contributed by atoms with Crippen LogP contribution in [0.2, 0.25) is 0 Å². The molecule has 1 aromatic carbocycles. The highest BCUT2D eigenvalue weighted by Gasteiger charge is 2.23. The van der Waals surface area contributed by atoms with Gasteiger partial charge in [0.15, 0.2) is 9.84 Å². The first kappa shape index (κ1) is 15.0. The highest BCUT2D eigenvalue weighted by atomic mass is 32.2. The minimum atomic E-state index is -3.29. The summed E-state index contributed by atoms with van der Waals surface area (Å²) in [7, 11) is -3.29. The van der Waals surface area contributed by atoms with E-state index in [4.69, 9.17) is 5.73 Å². The Morgan fingerprint density at radius 1 is 1.35 bits per heavy atom. The Labute approximate surface area is 119 Å². The van der Waals surface area contributed by atoms with Gasteiger partial charge in [-0.2, -0.15) is 0 Å². The molecule has 2 rings (SSSR count). The van der Waals surface area contributed by atoms with Gasteiger partial charge in [-0.1, -0.05) is 6.07 Å². The van der Waals surface area contributed by atoms with Gasteiger partial charge in [-0.15, -0.1) is 0 Å². The van der Waals surface area contributed by atoms with Gasteiger partial charge < -0.3 is 10.6 Å². The molecule has 0 radical (unpaired) electrons. The van der Waals surface area contributed by atoms with Crippen LogP contribution in [0.25, 0.3) is 0 Å². The fraction of sp³-hybridized carbons (Fsp3) is 0.500. The van der Waals surface area contributed by atoms with Crippen molar-refractivity contribution in [2.24, 2.45) is 11.7 Å². The minimum absolute atomic E-state index is 0.106. The van der Waals surface area contributed by atoms with Crippen LogP contribution in [0.3, 0.4) is 0 Å². The molecule has 1 aliphatic rings. The highest BCUT2D eigenvalue weighted by Crippen LogP contribution is 2.19. The van der Waals surface area contributed by atoms with Crippen molar-refractivity contribution >= 4 is 15.7 Å². The molecule has 20 heavy (non-hydrogen) atoms. The summed E-state index contributed by atoms with van der Waals surface area (Å²) in [6.45, 7) is 2.03. The number of hydrogen-bond donors (Lipinski definition) is 1. The summed E-state index contributed by atoms with van der Waals surface area (Å²) in [4.78, 5) is 14.3. The molecule has 0 unspecified atom stereocenters. The summed E-state index contributed by atoms with van der Waals surface area (Å²) >= 11 is 0. The van der Waals surface area contributed by atoms with Gasteiger partial charge in [0, 0.05) is 24.9 Å². The molecule has 1 amide bonds. The molecule has 110 valence electrons. The Hall–Kier alpha value is -1.40. The topological polar surface area (TPSA) is 80.5 Å². The van der Waals surface area contributed by atoms with E-state index in [0.29, 0.717) is 31.1 Å². The van der Waals surface area contributed by atoms with Gasteiger partial charge in [0.2, 0.25) is 0 Å². The molecular weight excluding hydrogens is 276 g/mol. The van der Waals surface area contributed by atoms with Gasteiger partial charge in [-0.05, 0) is 43.5 Å². The van der Waals surface area contributed by atoms with Crippen LogP contribution in [0.5, 0.6) is 0 Å². The lowest BCUT2D eigenvalue weighted by Gasteiger charge is -2.31. The van der Waals surface area contributed by atoms with Crippen LogP contribution in [0.4, 0.5) is 0 Å². The summed E-state index contributed by atoms with van der Waals surface area (Å²) in [5.74, 6) is 0.382. The lowest BCUT2D eigenvalue weighted by atomic mass is 9.96. The molecule has 1 aromatic rings. The maximum absolute atomic E-state index is 12.4. The first-order valence-electron chi connectivity index (χ1n) is 6.71. The number of benzene rings is 1. The Bertz CT molecular complexity index is 590. The molecule has 0 atom stereocenters. The summed E-state index contributed by atoms with van der Waals surface area (Å²) in [6, 6.07) is 6.22. The van der Waals surface area contributed by atoms with Crippen molar-refractivity contribution in [2.75, 3.05) is 25.9 Å². The third kappa shape index (κ3) is 3.37. The fourth-order valence-electron chi connectivity index (χ4n) is 2.41. The second kappa shape index (κ2) is 5.93. The number of amides is 1. The van der Waals surface area contributed by atoms with Gasteiger partial charge in [-0.25, -0.2) is 8.42 Å². The first-order chi connectivity index (χ1) is 9.41. The van der Waals surface area contributed by atoms with Gasteiger partial charge in [0.25, 0.3) is 5.91 Å². The minimum Gasteiger partial charge on any atom is -0.339 e. The van der Waals surface area contributed by atoms with Gasteiger partial charge in [-0.3, -0.25) is 4.79 Å². The molecule has 1 aliphatic heterocycles. The van der Waals surface area contributed by atoms with Crippen molar-refractivity contribution in [3.8, 4) is 0 Å². The van der Waals surface area contributed by atoms with E-state index in [0.717, 1.165) is 19.1 Å². The number of likely N-dealkylation sites (tertiary alicyclic amines) is 1. The van der Waals surface area contributed by atoms with Gasteiger partial charge in [0.05, 0.1) is 4.90 Å². The van der Waals surface area contributed by atoms with Crippen molar-refractivity contribution < 1.29 is 13.2 Å². The van der Waals surface area contributed by atoms with E-state index in [1.54, 1.807) is 17.0 Å². The molecule has 0 saturated carbocycles. The predicted molar refractivity (Wildman–Crippen MR) is 77.2 cm³/mol. The Morgan fingerprint density at radius 2 is 2.00 bits per heavy atom. The number of piperidine rings is 1. The molecule has 1 saturated heterocycles. The predicted octanol–water partition coefficient (Wildman–Crippen LogP) is 0.901. The molecule has 0 bridgehead atoms. The summed E-state index contributed by atoms with van der Waals surface area (Å²) in [5.41, 5.74) is 6.06. The quantitative estimate of drug-likeness (QED) is 0.898. The van der Waals surface area contributed by atoms with Gasteiger partial charge >= 0.3 is 0 Å². The maximum atomic E-state index is 12.4. The maximum Gasteiger partial charge on any atom is 0.253 e. The van der Waals surface area contributed by atoms with E-state index < -0.39 is 9.84 Å². The number of nitrogens with two attached hydrogens (primary N) is 1. The van der Waals surface area contributed by atoms with Crippen LogP contribution in [0, 0.1) is 5.92 Å². The summed E-state index contributed by atoms with van der Waals surface area (Å²) in [6.07, 6.45) is 2.96. The molecule has 1 fully saturated rings. The molecule has 0 aromatic heterocycles. The summed E-state index contributed by atoms with van der Waals surface area (Å²) in [5, 5.41) is 0. The zero-order valence-electron chi connectivity index (χ0n) is 11.6. The van der Waals surface area contributed by atoms with E-state index in [1.165, 1.54) is 12.1 Å². The van der Waals surface area contributed by atoms with E-state index >= 15 is 0 Å². The number of carbonyl (C=O) groups excluding carboxylic acids is 1. The van der Waals surface area contributed by atoms with Crippen molar-refractivity contribution in [3.05, 3.63) is 29.8 Å². The average Bonchev–Trinajstić information content (AvgIpc) is 2.46. The monoisotopic (exact) mass is 296 g/mol. The lowest BCUT2D eigenvalue weighted by Crippen LogP contribution is -2.40. The van der Waals surface area contributed by atoms with Crippen molar-refractivity contribution in [2.45, 2.75) is 17.7 Å². The number of hydrogen-bond acceptors (Lipinski definition) is 4. The van der Waals surface area contributed by atoms with Crippen LogP contribution in [-0.2, 0) is 9.84 Å². The van der Waals surface area contributed by atoms with E-state index in [1.807, 2.05) is 0 Å². The molecule has 6 heteroatoms. The second-order valence-corrected chi connectivity index (χ2v) is 7.29. The summed E-state index contributed by atoms with van der Waals surface area (Å²) < 4.78 is 23.1. The van der Waals surface area contributed by atoms with Crippen LogP contribution >= 0.6 is 0 Å². The van der Waals surface area contributed by atoms with Crippen LogP contribution < -0.4 is 5.73 Å². The molecule has 0 aliphatic carbocycles. The Morgan fingerprint density at radius 3 is 2.55 bits per heavy atom. The van der Waals surface area contributed by atoms with Crippen LogP contribution in [0.15, 0.2) is 29.2 Å². The second-order valence-electron chi connectivity index (χ2n) is 5.27. The number of sulfone groups is 1. The Kier molecular flexibility index (Phi) is 4.45. The van der Waals surface area contributed by atoms with E-state index in [2.05, 4.69) is 0 Å². The van der Waals surface area contributed by atoms with Gasteiger partial charge in [0.1, 0.15) is 0 Å². The van der Waals surface area contributed by atoms with Crippen molar-refractivity contribution in [3.63, 3.8) is 0 Å². The lowest BCUT2D eigenvalue weighted by molar-refractivity contribution is 0.0693. The SMILES string of the molecule is CS(=O)(=O)c1cccc(C(=O)N2CCC(CN)CC2)c1. The zero-order valence-corrected chi connectivity index (χ0v) is 12.4. The smallest absolute Gasteiger partial charge is 0.253 e. The number of carbonyl (C=O) groups is 1. The Balaban J connectivity index is 2.14. The van der Waals surface area contributed by atoms with Crippen LogP contribution in [-0.4, -0.2) is 45.1 Å². The van der Waals surface area contributed by atoms with Crippen LogP contribution in [0.1, 0.15) is 23.2 Å². The zero-order chi connectivity index (χ0) is 14.8. The molecule has 1 heterocycles. The molecule has 0 spiro atoms. The number of nitrogens with zero attached hydrogens (tertiary/aromatic N) is 1. The van der Waals surface area contributed by atoms with Crippen molar-refractivity contribution in [1.82, 2.24) is 4.90 Å². The molecular formula is C14H20N2O3S. The normalized spacial score (nSPS) is 17.2. The van der Waals surface area contributed by atoms with E-state index in [-0.39, 0.29) is 10.8 Å². The number of rotatable bonds is 3. The largest absolute Gasteiger partial charge is 0.339 e. The third-order valence-corrected chi connectivity index (χ3v) is 4.85. The average molecular weight is 296 g/mol.